The van der Waals surface area contributed by atoms with Crippen LogP contribution < -0.4 is 10.5 Å². The summed E-state index contributed by atoms with van der Waals surface area (Å²) in [5, 5.41) is 0. The number of hydrogen-bond acceptors (Lipinski definition) is 3. The topological polar surface area (TPSA) is 38.5 Å². The Morgan fingerprint density at radius 2 is 2.33 bits per heavy atom. The van der Waals surface area contributed by atoms with Gasteiger partial charge < -0.3 is 10.5 Å². The molecule has 1 fully saturated rings. The molecule has 0 aromatic heterocycles. The van der Waals surface area contributed by atoms with Crippen molar-refractivity contribution in [1.82, 2.24) is 4.90 Å². The summed E-state index contributed by atoms with van der Waals surface area (Å²) in [6.45, 7) is 3.45. The van der Waals surface area contributed by atoms with Gasteiger partial charge in [0.1, 0.15) is 18.5 Å². The van der Waals surface area contributed by atoms with Gasteiger partial charge >= 0.3 is 0 Å². The third kappa shape index (κ3) is 3.96. The van der Waals surface area contributed by atoms with E-state index in [1.165, 1.54) is 5.56 Å². The summed E-state index contributed by atoms with van der Waals surface area (Å²) in [5.74, 6) is 0.872. The quantitative estimate of drug-likeness (QED) is 0.836. The maximum absolute atomic E-state index is 13.0. The normalized spacial score (nSPS) is 20.2. The minimum Gasteiger partial charge on any atom is -0.492 e. The molecule has 0 amide bonds. The number of likely N-dealkylation sites (tertiary alicyclic amines) is 1. The van der Waals surface area contributed by atoms with Crippen molar-refractivity contribution >= 4 is 0 Å². The van der Waals surface area contributed by atoms with E-state index in [0.29, 0.717) is 26.1 Å². The van der Waals surface area contributed by atoms with E-state index in [1.54, 1.807) is 0 Å². The molecule has 2 rings (SSSR count). The van der Waals surface area contributed by atoms with Gasteiger partial charge in [-0.05, 0) is 37.1 Å². The van der Waals surface area contributed by atoms with E-state index in [0.717, 1.165) is 25.3 Å². The Labute approximate surface area is 108 Å². The second-order valence-corrected chi connectivity index (χ2v) is 4.72. The predicted molar refractivity (Wildman–Crippen MR) is 70.6 cm³/mol. The van der Waals surface area contributed by atoms with Gasteiger partial charge in [0, 0.05) is 19.6 Å². The Balaban J connectivity index is 1.74. The molecule has 2 N–H and O–H groups in total. The summed E-state index contributed by atoms with van der Waals surface area (Å²) in [5.41, 5.74) is 6.72. The second kappa shape index (κ2) is 6.71. The number of rotatable bonds is 6. The molecule has 1 aliphatic heterocycles. The largest absolute Gasteiger partial charge is 0.492 e. The van der Waals surface area contributed by atoms with E-state index in [4.69, 9.17) is 10.5 Å². The Morgan fingerprint density at radius 1 is 1.44 bits per heavy atom. The molecule has 18 heavy (non-hydrogen) atoms. The number of alkyl halides is 1. The average molecular weight is 252 g/mol. The van der Waals surface area contributed by atoms with Crippen LogP contribution in [0.5, 0.6) is 5.75 Å². The second-order valence-electron chi connectivity index (χ2n) is 4.72. The highest BCUT2D eigenvalue weighted by molar-refractivity contribution is 5.28. The first-order valence-corrected chi connectivity index (χ1v) is 6.56. The van der Waals surface area contributed by atoms with E-state index >= 15 is 0 Å². The van der Waals surface area contributed by atoms with Gasteiger partial charge in [-0.3, -0.25) is 4.90 Å². The Kier molecular flexibility index (Phi) is 4.96. The van der Waals surface area contributed by atoms with Crippen LogP contribution in [0.3, 0.4) is 0 Å². The summed E-state index contributed by atoms with van der Waals surface area (Å²) in [6, 6.07) is 8.00. The van der Waals surface area contributed by atoms with Crippen molar-refractivity contribution in [2.45, 2.75) is 19.0 Å². The molecular weight excluding hydrogens is 231 g/mol. The highest BCUT2D eigenvalue weighted by Crippen LogP contribution is 2.15. The summed E-state index contributed by atoms with van der Waals surface area (Å²) < 4.78 is 18.7. The zero-order valence-electron chi connectivity index (χ0n) is 10.6. The van der Waals surface area contributed by atoms with E-state index in [-0.39, 0.29) is 0 Å². The standard InChI is InChI=1S/C14H21FN2O/c15-13-5-7-17(11-13)8-9-18-14-3-1-2-12(10-14)4-6-16/h1-3,10,13H,4-9,11,16H2/t13-/m0/s1. The van der Waals surface area contributed by atoms with Crippen molar-refractivity contribution in [1.29, 1.82) is 0 Å². The molecule has 0 spiro atoms. The SMILES string of the molecule is NCCc1cccc(OCCN2CC[C@H](F)C2)c1. The summed E-state index contributed by atoms with van der Waals surface area (Å²) in [4.78, 5) is 2.11. The molecule has 1 saturated heterocycles. The van der Waals surface area contributed by atoms with Gasteiger partial charge in [0.15, 0.2) is 0 Å². The molecular formula is C14H21FN2O. The average Bonchev–Trinajstić information content (AvgIpc) is 2.76. The summed E-state index contributed by atoms with van der Waals surface area (Å²) in [6.07, 6.45) is 0.872. The molecule has 0 radical (unpaired) electrons. The van der Waals surface area contributed by atoms with Crippen LogP contribution in [0.25, 0.3) is 0 Å². The van der Waals surface area contributed by atoms with Crippen molar-refractivity contribution in [3.63, 3.8) is 0 Å². The third-order valence-corrected chi connectivity index (χ3v) is 3.22. The first kappa shape index (κ1) is 13.3. The Bertz CT molecular complexity index is 373. The number of benzene rings is 1. The zero-order valence-corrected chi connectivity index (χ0v) is 10.6. The smallest absolute Gasteiger partial charge is 0.119 e. The van der Waals surface area contributed by atoms with Crippen molar-refractivity contribution < 1.29 is 9.13 Å². The lowest BCUT2D eigenvalue weighted by molar-refractivity contribution is 0.224. The van der Waals surface area contributed by atoms with Gasteiger partial charge in [0.05, 0.1) is 0 Å². The van der Waals surface area contributed by atoms with Crippen LogP contribution >= 0.6 is 0 Å². The van der Waals surface area contributed by atoms with Crippen molar-refractivity contribution in [3.8, 4) is 5.75 Å². The van der Waals surface area contributed by atoms with Crippen LogP contribution in [0.1, 0.15) is 12.0 Å². The number of nitrogens with zero attached hydrogens (tertiary/aromatic N) is 1. The lowest BCUT2D eigenvalue weighted by atomic mass is 10.1. The number of hydrogen-bond donors (Lipinski definition) is 1. The van der Waals surface area contributed by atoms with Crippen LogP contribution in [-0.4, -0.2) is 43.9 Å². The van der Waals surface area contributed by atoms with E-state index < -0.39 is 6.17 Å². The molecule has 0 saturated carbocycles. The van der Waals surface area contributed by atoms with Crippen LogP contribution in [0, 0.1) is 0 Å². The molecule has 1 aromatic rings. The molecule has 0 unspecified atom stereocenters. The lowest BCUT2D eigenvalue weighted by Gasteiger charge is -2.15. The van der Waals surface area contributed by atoms with E-state index in [9.17, 15) is 4.39 Å². The summed E-state index contributed by atoms with van der Waals surface area (Å²) in [7, 11) is 0. The first-order chi connectivity index (χ1) is 8.78. The van der Waals surface area contributed by atoms with E-state index in [2.05, 4.69) is 4.90 Å². The van der Waals surface area contributed by atoms with Crippen LogP contribution in [0.15, 0.2) is 24.3 Å². The van der Waals surface area contributed by atoms with Crippen molar-refractivity contribution in [2.75, 3.05) is 32.8 Å². The van der Waals surface area contributed by atoms with Crippen LogP contribution in [0.4, 0.5) is 4.39 Å². The monoisotopic (exact) mass is 252 g/mol. The van der Waals surface area contributed by atoms with Crippen molar-refractivity contribution in [2.24, 2.45) is 5.73 Å². The van der Waals surface area contributed by atoms with E-state index in [1.807, 2.05) is 24.3 Å². The van der Waals surface area contributed by atoms with Crippen LogP contribution in [-0.2, 0) is 6.42 Å². The molecule has 100 valence electrons. The molecule has 1 atom stereocenters. The fraction of sp³-hybridized carbons (Fsp3) is 0.571. The molecule has 3 nitrogen and oxygen atoms in total. The minimum atomic E-state index is -0.655. The highest BCUT2D eigenvalue weighted by Gasteiger charge is 2.20. The van der Waals surface area contributed by atoms with Gasteiger partial charge in [-0.1, -0.05) is 12.1 Å². The first-order valence-electron chi connectivity index (χ1n) is 6.56. The number of ether oxygens (including phenoxy) is 1. The van der Waals surface area contributed by atoms with Gasteiger partial charge in [0.2, 0.25) is 0 Å². The molecule has 4 heteroatoms. The van der Waals surface area contributed by atoms with Crippen molar-refractivity contribution in [3.05, 3.63) is 29.8 Å². The lowest BCUT2D eigenvalue weighted by Crippen LogP contribution is -2.26. The Morgan fingerprint density at radius 3 is 3.06 bits per heavy atom. The zero-order chi connectivity index (χ0) is 12.8. The molecule has 1 aliphatic rings. The van der Waals surface area contributed by atoms with Gasteiger partial charge in [-0.2, -0.15) is 0 Å². The maximum Gasteiger partial charge on any atom is 0.119 e. The predicted octanol–water partition coefficient (Wildman–Crippen LogP) is 1.61. The molecule has 0 aliphatic carbocycles. The maximum atomic E-state index is 13.0. The summed E-state index contributed by atoms with van der Waals surface area (Å²) >= 11 is 0. The molecule has 0 bridgehead atoms. The third-order valence-electron chi connectivity index (χ3n) is 3.22. The highest BCUT2D eigenvalue weighted by atomic mass is 19.1. The minimum absolute atomic E-state index is 0.552. The fourth-order valence-corrected chi connectivity index (χ4v) is 2.24. The fourth-order valence-electron chi connectivity index (χ4n) is 2.24. The Hall–Kier alpha value is -1.13. The number of halogens is 1. The van der Waals surface area contributed by atoms with Gasteiger partial charge in [0.25, 0.3) is 0 Å². The number of nitrogens with two attached hydrogens (primary N) is 1. The molecule has 1 heterocycles. The molecule has 1 aromatic carbocycles. The van der Waals surface area contributed by atoms with Gasteiger partial charge in [-0.25, -0.2) is 4.39 Å². The van der Waals surface area contributed by atoms with Gasteiger partial charge in [-0.15, -0.1) is 0 Å². The van der Waals surface area contributed by atoms with Crippen LogP contribution in [0.2, 0.25) is 0 Å².